The lowest BCUT2D eigenvalue weighted by molar-refractivity contribution is -0.133. The average Bonchev–Trinajstić information content (AvgIpc) is 2.61. The van der Waals surface area contributed by atoms with Gasteiger partial charge >= 0.3 is 0 Å². The molecule has 0 radical (unpaired) electrons. The largest absolute Gasteiger partial charge is 0.394 e. The Labute approximate surface area is 102 Å². The van der Waals surface area contributed by atoms with E-state index in [0.717, 1.165) is 6.08 Å². The van der Waals surface area contributed by atoms with Gasteiger partial charge in [-0.1, -0.05) is 0 Å². The maximum atomic E-state index is 13.2. The molecule has 6 nitrogen and oxygen atoms in total. The predicted molar refractivity (Wildman–Crippen MR) is 55.1 cm³/mol. The molecular formula is C11H13FO6. The summed E-state index contributed by atoms with van der Waals surface area (Å²) in [6.07, 6.45) is -4.71. The summed E-state index contributed by atoms with van der Waals surface area (Å²) in [6, 6.07) is 0. The molecule has 7 heteroatoms. The molecule has 0 aromatic heterocycles. The minimum absolute atomic E-state index is 0.527. The first-order chi connectivity index (χ1) is 8.45. The zero-order chi connectivity index (χ0) is 13.4. The summed E-state index contributed by atoms with van der Waals surface area (Å²) < 4.78 is 18.3. The summed E-state index contributed by atoms with van der Waals surface area (Å²) >= 11 is 0. The van der Waals surface area contributed by atoms with Crippen molar-refractivity contribution >= 4 is 11.6 Å². The highest BCUT2D eigenvalue weighted by atomic mass is 19.1. The van der Waals surface area contributed by atoms with Crippen LogP contribution in [0.1, 0.15) is 6.42 Å². The normalized spacial score (nSPS) is 41.1. The molecule has 0 saturated carbocycles. The monoisotopic (exact) mass is 260 g/mol. The van der Waals surface area contributed by atoms with Gasteiger partial charge in [-0.25, -0.2) is 4.39 Å². The average molecular weight is 260 g/mol. The minimum atomic E-state index is -1.41. The number of hydrogen-bond acceptors (Lipinski definition) is 6. The van der Waals surface area contributed by atoms with E-state index in [1.165, 1.54) is 0 Å². The Morgan fingerprint density at radius 3 is 2.56 bits per heavy atom. The van der Waals surface area contributed by atoms with E-state index in [0.29, 0.717) is 0 Å². The molecule has 0 amide bonds. The molecule has 2 rings (SSSR count). The van der Waals surface area contributed by atoms with Gasteiger partial charge in [-0.15, -0.1) is 0 Å². The van der Waals surface area contributed by atoms with Crippen LogP contribution in [0, 0.1) is 5.92 Å². The minimum Gasteiger partial charge on any atom is -0.394 e. The van der Waals surface area contributed by atoms with Crippen LogP contribution in [-0.4, -0.2) is 57.9 Å². The van der Waals surface area contributed by atoms with Crippen molar-refractivity contribution in [1.29, 1.82) is 0 Å². The summed E-state index contributed by atoms with van der Waals surface area (Å²) in [5.41, 5.74) is 0. The van der Waals surface area contributed by atoms with Gasteiger partial charge in [0, 0.05) is 0 Å². The van der Waals surface area contributed by atoms with Crippen LogP contribution in [0.4, 0.5) is 4.39 Å². The van der Waals surface area contributed by atoms with E-state index in [2.05, 4.69) is 0 Å². The number of halogens is 1. The van der Waals surface area contributed by atoms with Gasteiger partial charge in [0.05, 0.1) is 25.0 Å². The molecule has 100 valence electrons. The molecule has 1 aliphatic carbocycles. The third-order valence-corrected chi connectivity index (χ3v) is 3.23. The number of ketones is 2. The zero-order valence-electron chi connectivity index (χ0n) is 9.32. The molecule has 1 aliphatic heterocycles. The summed E-state index contributed by atoms with van der Waals surface area (Å²) in [4.78, 5) is 22.6. The van der Waals surface area contributed by atoms with E-state index in [-0.39, 0.29) is 0 Å². The Bertz CT molecular complexity index is 406. The van der Waals surface area contributed by atoms with Crippen LogP contribution in [0.5, 0.6) is 0 Å². The highest BCUT2D eigenvalue weighted by Gasteiger charge is 2.48. The third-order valence-electron chi connectivity index (χ3n) is 3.23. The first-order valence-corrected chi connectivity index (χ1v) is 5.51. The van der Waals surface area contributed by atoms with Crippen molar-refractivity contribution in [1.82, 2.24) is 0 Å². The summed E-state index contributed by atoms with van der Waals surface area (Å²) in [6.45, 7) is -0.527. The molecule has 0 spiro atoms. The maximum absolute atomic E-state index is 13.2. The van der Waals surface area contributed by atoms with Gasteiger partial charge in [0.25, 0.3) is 0 Å². The Kier molecular flexibility index (Phi) is 3.58. The van der Waals surface area contributed by atoms with Crippen LogP contribution in [0.3, 0.4) is 0 Å². The fraction of sp³-hybridized carbons (Fsp3) is 0.636. The van der Waals surface area contributed by atoms with Crippen LogP contribution in [0.25, 0.3) is 0 Å². The number of carbonyl (C=O) groups excluding carboxylic acids is 2. The highest BCUT2D eigenvalue weighted by molar-refractivity contribution is 6.10. The first kappa shape index (κ1) is 13.3. The van der Waals surface area contributed by atoms with Gasteiger partial charge in [-0.2, -0.15) is 0 Å². The van der Waals surface area contributed by atoms with E-state index in [4.69, 9.17) is 9.84 Å². The number of carbonyl (C=O) groups is 2. The van der Waals surface area contributed by atoms with Gasteiger partial charge in [-0.3, -0.25) is 9.59 Å². The molecule has 1 fully saturated rings. The van der Waals surface area contributed by atoms with Crippen LogP contribution in [-0.2, 0) is 14.3 Å². The predicted octanol–water partition coefficient (Wildman–Crippen LogP) is -1.52. The lowest BCUT2D eigenvalue weighted by atomic mass is 9.86. The van der Waals surface area contributed by atoms with Crippen molar-refractivity contribution in [2.75, 3.05) is 6.61 Å². The van der Waals surface area contributed by atoms with Crippen molar-refractivity contribution in [2.45, 2.75) is 30.8 Å². The number of ether oxygens (including phenoxy) is 1. The van der Waals surface area contributed by atoms with Gasteiger partial charge in [0.15, 0.2) is 11.6 Å². The Morgan fingerprint density at radius 1 is 1.33 bits per heavy atom. The second-order valence-corrected chi connectivity index (χ2v) is 4.41. The molecule has 18 heavy (non-hydrogen) atoms. The second kappa shape index (κ2) is 4.85. The number of hydrogen-bond donors (Lipinski definition) is 3. The zero-order valence-corrected chi connectivity index (χ0v) is 9.32. The molecule has 3 N–H and O–H groups in total. The number of rotatable bonds is 2. The van der Waals surface area contributed by atoms with Crippen LogP contribution in [0.15, 0.2) is 11.9 Å². The molecular weight excluding hydrogens is 247 g/mol. The number of aliphatic hydroxyl groups excluding tert-OH is 3. The highest BCUT2D eigenvalue weighted by Crippen LogP contribution is 2.31. The van der Waals surface area contributed by atoms with Crippen molar-refractivity contribution < 1.29 is 34.0 Å². The lowest BCUT2D eigenvalue weighted by Crippen LogP contribution is -2.40. The quantitative estimate of drug-likeness (QED) is 0.521. The summed E-state index contributed by atoms with van der Waals surface area (Å²) in [7, 11) is 0. The lowest BCUT2D eigenvalue weighted by Gasteiger charge is -2.24. The molecule has 0 aromatic rings. The standard InChI is InChI=1S/C11H13FO6/c12-5-1-4(6(14)2-7(5)15)11-10(17)9(16)8(3-13)18-11/h1,4,8-11,13,16-17H,2-3H2. The van der Waals surface area contributed by atoms with E-state index in [9.17, 15) is 24.2 Å². The van der Waals surface area contributed by atoms with Crippen LogP contribution >= 0.6 is 0 Å². The van der Waals surface area contributed by atoms with Crippen LogP contribution in [0.2, 0.25) is 0 Å². The van der Waals surface area contributed by atoms with Crippen LogP contribution < -0.4 is 0 Å². The Balaban J connectivity index is 2.22. The Hall–Kier alpha value is -1.15. The van der Waals surface area contributed by atoms with Crippen molar-refractivity contribution in [3.8, 4) is 0 Å². The SMILES string of the molecule is O=C1CC(=O)C(C2OC(CO)C(O)C2O)C=C1F. The van der Waals surface area contributed by atoms with E-state index >= 15 is 0 Å². The molecule has 1 saturated heterocycles. The fourth-order valence-corrected chi connectivity index (χ4v) is 2.21. The number of aliphatic hydroxyl groups is 3. The maximum Gasteiger partial charge on any atom is 0.198 e. The molecule has 5 atom stereocenters. The molecule has 1 heterocycles. The smallest absolute Gasteiger partial charge is 0.198 e. The summed E-state index contributed by atoms with van der Waals surface area (Å²) in [5.74, 6) is -3.64. The Morgan fingerprint density at radius 2 is 2.00 bits per heavy atom. The van der Waals surface area contributed by atoms with Crippen molar-refractivity contribution in [2.24, 2.45) is 5.92 Å². The summed E-state index contributed by atoms with van der Waals surface area (Å²) in [5, 5.41) is 28.1. The van der Waals surface area contributed by atoms with E-state index < -0.39 is 60.8 Å². The number of allylic oxidation sites excluding steroid dienone is 1. The molecule has 0 aromatic carbocycles. The molecule has 2 aliphatic rings. The number of Topliss-reactive ketones (excluding diaryl/α,β-unsaturated/α-hetero) is 2. The van der Waals surface area contributed by atoms with Gasteiger partial charge in [0.1, 0.15) is 24.1 Å². The topological polar surface area (TPSA) is 104 Å². The van der Waals surface area contributed by atoms with E-state index in [1.807, 2.05) is 0 Å². The van der Waals surface area contributed by atoms with E-state index in [1.54, 1.807) is 0 Å². The van der Waals surface area contributed by atoms with Gasteiger partial charge in [0.2, 0.25) is 0 Å². The van der Waals surface area contributed by atoms with Gasteiger partial charge in [-0.05, 0) is 6.08 Å². The fourth-order valence-electron chi connectivity index (χ4n) is 2.21. The third kappa shape index (κ3) is 2.10. The second-order valence-electron chi connectivity index (χ2n) is 4.41. The van der Waals surface area contributed by atoms with Crippen molar-refractivity contribution in [3.05, 3.63) is 11.9 Å². The van der Waals surface area contributed by atoms with Crippen molar-refractivity contribution in [3.63, 3.8) is 0 Å². The molecule has 0 bridgehead atoms. The molecule has 5 unspecified atom stereocenters. The first-order valence-electron chi connectivity index (χ1n) is 5.51. The van der Waals surface area contributed by atoms with Gasteiger partial charge < -0.3 is 20.1 Å².